The Bertz CT molecular complexity index is 735. The van der Waals surface area contributed by atoms with Gasteiger partial charge in [-0.25, -0.2) is 0 Å². The fourth-order valence-electron chi connectivity index (χ4n) is 2.65. The van der Waals surface area contributed by atoms with Crippen LogP contribution in [0.25, 0.3) is 11.1 Å². The monoisotopic (exact) mass is 291 g/mol. The summed E-state index contributed by atoms with van der Waals surface area (Å²) in [7, 11) is 0. The molecule has 3 rings (SSSR count). The van der Waals surface area contributed by atoms with Gasteiger partial charge in [0, 0.05) is 5.69 Å². The maximum atomic E-state index is 13.0. The van der Waals surface area contributed by atoms with E-state index in [9.17, 15) is 18.0 Å². The molecule has 1 aliphatic heterocycles. The van der Waals surface area contributed by atoms with Crippen molar-refractivity contribution in [3.63, 3.8) is 0 Å². The van der Waals surface area contributed by atoms with Crippen LogP contribution >= 0.6 is 0 Å². The van der Waals surface area contributed by atoms with Gasteiger partial charge in [-0.15, -0.1) is 0 Å². The maximum absolute atomic E-state index is 13.0. The molecule has 1 aliphatic rings. The van der Waals surface area contributed by atoms with Crippen molar-refractivity contribution in [3.8, 4) is 11.1 Å². The second-order valence-corrected chi connectivity index (χ2v) is 5.07. The molecule has 2 nitrogen and oxygen atoms in total. The molecular formula is C16H12F3NO. The van der Waals surface area contributed by atoms with Gasteiger partial charge in [-0.3, -0.25) is 4.79 Å². The summed E-state index contributed by atoms with van der Waals surface area (Å²) in [5, 5.41) is 2.71. The minimum atomic E-state index is -4.37. The zero-order valence-corrected chi connectivity index (χ0v) is 11.2. The van der Waals surface area contributed by atoms with Crippen molar-refractivity contribution in [1.82, 2.24) is 0 Å². The predicted octanol–water partition coefficient (Wildman–Crippen LogP) is 4.18. The summed E-state index contributed by atoms with van der Waals surface area (Å²) in [6, 6.07) is 9.38. The Labute approximate surface area is 119 Å². The van der Waals surface area contributed by atoms with Crippen molar-refractivity contribution in [2.75, 3.05) is 5.32 Å². The molecule has 1 amide bonds. The molecule has 1 heterocycles. The van der Waals surface area contributed by atoms with E-state index in [1.54, 1.807) is 24.3 Å². The van der Waals surface area contributed by atoms with E-state index in [0.29, 0.717) is 11.1 Å². The van der Waals surface area contributed by atoms with E-state index in [1.165, 1.54) is 13.0 Å². The van der Waals surface area contributed by atoms with Gasteiger partial charge in [0.25, 0.3) is 0 Å². The second-order valence-electron chi connectivity index (χ2n) is 5.07. The van der Waals surface area contributed by atoms with Crippen LogP contribution in [0.2, 0.25) is 0 Å². The van der Waals surface area contributed by atoms with Gasteiger partial charge in [0.05, 0.1) is 12.0 Å². The van der Waals surface area contributed by atoms with Gasteiger partial charge in [0.1, 0.15) is 0 Å². The highest BCUT2D eigenvalue weighted by atomic mass is 19.4. The minimum Gasteiger partial charge on any atom is -0.326 e. The first-order valence-corrected chi connectivity index (χ1v) is 6.46. The van der Waals surface area contributed by atoms with Crippen molar-refractivity contribution in [2.24, 2.45) is 0 Å². The molecule has 0 saturated carbocycles. The topological polar surface area (TPSA) is 29.1 Å². The van der Waals surface area contributed by atoms with Crippen LogP contribution in [-0.2, 0) is 17.4 Å². The Morgan fingerprint density at radius 1 is 1.14 bits per heavy atom. The highest BCUT2D eigenvalue weighted by Crippen LogP contribution is 2.37. The molecular weight excluding hydrogens is 279 g/mol. The first kappa shape index (κ1) is 13.7. The quantitative estimate of drug-likeness (QED) is 0.839. The highest BCUT2D eigenvalue weighted by Gasteiger charge is 2.33. The van der Waals surface area contributed by atoms with Crippen LogP contribution in [0, 0.1) is 6.92 Å². The van der Waals surface area contributed by atoms with E-state index in [4.69, 9.17) is 0 Å². The van der Waals surface area contributed by atoms with Crippen molar-refractivity contribution in [2.45, 2.75) is 19.5 Å². The van der Waals surface area contributed by atoms with Gasteiger partial charge < -0.3 is 5.32 Å². The first-order chi connectivity index (χ1) is 9.86. The molecule has 0 spiro atoms. The molecule has 21 heavy (non-hydrogen) atoms. The smallest absolute Gasteiger partial charge is 0.326 e. The van der Waals surface area contributed by atoms with Crippen LogP contribution in [0.1, 0.15) is 16.7 Å². The number of hydrogen-bond acceptors (Lipinski definition) is 1. The molecule has 0 bridgehead atoms. The molecule has 1 N–H and O–H groups in total. The lowest BCUT2D eigenvalue weighted by Crippen LogP contribution is -2.08. The van der Waals surface area contributed by atoms with Gasteiger partial charge in [0.15, 0.2) is 0 Å². The summed E-state index contributed by atoms with van der Waals surface area (Å²) in [5.74, 6) is -0.0945. The van der Waals surface area contributed by atoms with E-state index in [0.717, 1.165) is 17.3 Å². The zero-order chi connectivity index (χ0) is 15.2. The van der Waals surface area contributed by atoms with Gasteiger partial charge in [-0.05, 0) is 47.4 Å². The summed E-state index contributed by atoms with van der Waals surface area (Å²) in [6.07, 6.45) is -4.10. The van der Waals surface area contributed by atoms with Crippen molar-refractivity contribution in [3.05, 3.63) is 53.1 Å². The van der Waals surface area contributed by atoms with E-state index in [-0.39, 0.29) is 17.9 Å². The molecule has 0 atom stereocenters. The number of anilines is 1. The van der Waals surface area contributed by atoms with E-state index in [1.807, 2.05) is 0 Å². The fourth-order valence-corrected chi connectivity index (χ4v) is 2.65. The summed E-state index contributed by atoms with van der Waals surface area (Å²) in [5.41, 5.74) is 2.33. The summed E-state index contributed by atoms with van der Waals surface area (Å²) in [4.78, 5) is 11.3. The van der Waals surface area contributed by atoms with E-state index < -0.39 is 11.7 Å². The lowest BCUT2D eigenvalue weighted by Gasteiger charge is -2.14. The van der Waals surface area contributed by atoms with Gasteiger partial charge in [-0.2, -0.15) is 13.2 Å². The number of rotatable bonds is 1. The highest BCUT2D eigenvalue weighted by molar-refractivity contribution is 5.99. The number of alkyl halides is 3. The molecule has 0 aromatic heterocycles. The third-order valence-electron chi connectivity index (χ3n) is 3.68. The Morgan fingerprint density at radius 2 is 1.90 bits per heavy atom. The Kier molecular flexibility index (Phi) is 3.01. The van der Waals surface area contributed by atoms with Crippen LogP contribution in [-0.4, -0.2) is 5.91 Å². The van der Waals surface area contributed by atoms with Crippen LogP contribution in [0.5, 0.6) is 0 Å². The summed E-state index contributed by atoms with van der Waals surface area (Å²) >= 11 is 0. The number of amides is 1. The van der Waals surface area contributed by atoms with Gasteiger partial charge in [-0.1, -0.05) is 18.2 Å². The number of benzene rings is 2. The third-order valence-corrected chi connectivity index (χ3v) is 3.68. The molecule has 2 aromatic rings. The molecule has 0 unspecified atom stereocenters. The number of hydrogen-bond donors (Lipinski definition) is 1. The number of nitrogens with one attached hydrogen (secondary N) is 1. The van der Waals surface area contributed by atoms with Crippen LogP contribution in [0.3, 0.4) is 0 Å². The first-order valence-electron chi connectivity index (χ1n) is 6.46. The SMILES string of the molecule is Cc1c(-c2ccc3c(c2)CC(=O)N3)cccc1C(F)(F)F. The van der Waals surface area contributed by atoms with Gasteiger partial charge >= 0.3 is 6.18 Å². The predicted molar refractivity (Wildman–Crippen MR) is 74.0 cm³/mol. The van der Waals surface area contributed by atoms with E-state index >= 15 is 0 Å². The normalized spacial score (nSPS) is 14.0. The lowest BCUT2D eigenvalue weighted by atomic mass is 9.94. The number of carbonyl (C=O) groups excluding carboxylic acids is 1. The average molecular weight is 291 g/mol. The molecule has 2 aromatic carbocycles. The Hall–Kier alpha value is -2.30. The van der Waals surface area contributed by atoms with Crippen molar-refractivity contribution < 1.29 is 18.0 Å². The summed E-state index contributed by atoms with van der Waals surface area (Å²) < 4.78 is 38.9. The summed E-state index contributed by atoms with van der Waals surface area (Å²) in [6.45, 7) is 1.47. The number of fused-ring (bicyclic) bond motifs is 1. The zero-order valence-electron chi connectivity index (χ0n) is 11.2. The minimum absolute atomic E-state index is 0.0945. The maximum Gasteiger partial charge on any atom is 0.416 e. The lowest BCUT2D eigenvalue weighted by molar-refractivity contribution is -0.138. The van der Waals surface area contributed by atoms with Crippen molar-refractivity contribution in [1.29, 1.82) is 0 Å². The molecule has 0 radical (unpaired) electrons. The largest absolute Gasteiger partial charge is 0.416 e. The standard InChI is InChI=1S/C16H12F3NO/c1-9-12(3-2-4-13(9)16(17,18)19)10-5-6-14-11(7-10)8-15(21)20-14/h2-7H,8H2,1H3,(H,20,21). The Morgan fingerprint density at radius 3 is 2.62 bits per heavy atom. The van der Waals surface area contributed by atoms with Gasteiger partial charge in [0.2, 0.25) is 5.91 Å². The van der Waals surface area contributed by atoms with E-state index in [2.05, 4.69) is 5.32 Å². The van der Waals surface area contributed by atoms with Crippen LogP contribution in [0.15, 0.2) is 36.4 Å². The average Bonchev–Trinajstić information content (AvgIpc) is 2.76. The molecule has 5 heteroatoms. The molecule has 0 saturated heterocycles. The number of halogens is 3. The van der Waals surface area contributed by atoms with Crippen molar-refractivity contribution >= 4 is 11.6 Å². The molecule has 108 valence electrons. The molecule has 0 aliphatic carbocycles. The third kappa shape index (κ3) is 2.39. The second kappa shape index (κ2) is 4.62. The van der Waals surface area contributed by atoms with Crippen LogP contribution < -0.4 is 5.32 Å². The van der Waals surface area contributed by atoms with Crippen LogP contribution in [0.4, 0.5) is 18.9 Å². The Balaban J connectivity index is 2.10. The number of carbonyl (C=O) groups is 1. The fraction of sp³-hybridized carbons (Fsp3) is 0.188. The molecule has 0 fully saturated rings.